The minimum absolute atomic E-state index is 0.203. The molecule has 3 aromatic rings. The third-order valence-electron chi connectivity index (χ3n) is 3.27. The highest BCUT2D eigenvalue weighted by Gasteiger charge is 2.07. The number of pyridine rings is 1. The molecule has 0 saturated heterocycles. The zero-order chi connectivity index (χ0) is 15.0. The van der Waals surface area contributed by atoms with Crippen LogP contribution >= 0.6 is 11.6 Å². The second-order valence-electron chi connectivity index (χ2n) is 4.77. The maximum absolute atomic E-state index is 11.0. The van der Waals surface area contributed by atoms with Crippen molar-refractivity contribution in [1.82, 2.24) is 4.98 Å². The normalized spacial score (nSPS) is 12.5. The number of halogens is 1. The molecule has 0 spiro atoms. The van der Waals surface area contributed by atoms with Gasteiger partial charge in [-0.15, -0.1) is 0 Å². The summed E-state index contributed by atoms with van der Waals surface area (Å²) >= 11 is 4.01. The molecule has 1 atom stereocenters. The average Bonchev–Trinajstić information content (AvgIpc) is 2.47. The molecule has 0 fully saturated rings. The number of hydrogen-bond acceptors (Lipinski definition) is 3. The number of benzene rings is 2. The molecule has 0 aliphatic carbocycles. The van der Waals surface area contributed by atoms with E-state index in [1.807, 2.05) is 31.2 Å². The van der Waals surface area contributed by atoms with Crippen molar-refractivity contribution in [3.8, 4) is 11.3 Å². The van der Waals surface area contributed by atoms with Gasteiger partial charge in [-0.2, -0.15) is 0 Å². The lowest BCUT2D eigenvalue weighted by molar-refractivity contribution is 0.537. The van der Waals surface area contributed by atoms with E-state index in [4.69, 9.17) is 11.6 Å². The van der Waals surface area contributed by atoms with E-state index in [0.717, 1.165) is 11.3 Å². The van der Waals surface area contributed by atoms with Gasteiger partial charge in [0.05, 0.1) is 16.2 Å². The topological polar surface area (TPSA) is 53.0 Å². The predicted molar refractivity (Wildman–Crippen MR) is 84.1 cm³/mol. The Bertz CT molecular complexity index is 847. The molecule has 5 heteroatoms. The molecule has 21 heavy (non-hydrogen) atoms. The third kappa shape index (κ3) is 2.83. The van der Waals surface area contributed by atoms with Gasteiger partial charge in [0.25, 0.3) is 0 Å². The fraction of sp³-hybridized carbons (Fsp3) is 0.0625. The van der Waals surface area contributed by atoms with Gasteiger partial charge in [0, 0.05) is 15.8 Å². The highest BCUT2D eigenvalue weighted by atomic mass is 35.5. The first-order valence-corrected chi connectivity index (χ1v) is 7.76. The Labute approximate surface area is 129 Å². The molecule has 3 rings (SSSR count). The van der Waals surface area contributed by atoms with Crippen LogP contribution in [0.1, 0.15) is 5.56 Å². The molecule has 0 bridgehead atoms. The molecule has 1 heterocycles. The highest BCUT2D eigenvalue weighted by molar-refractivity contribution is 7.79. The number of aryl methyl sites for hydroxylation is 1. The smallest absolute Gasteiger partial charge is 0.0725 e. The predicted octanol–water partition coefficient (Wildman–Crippen LogP) is 4.10. The SMILES string of the molecule is Cc1ccc(-c2cc(Cl)c3cc(S(=O)[O-])ccc3n2)cc1. The minimum atomic E-state index is -2.27. The van der Waals surface area contributed by atoms with Crippen LogP contribution in [0.3, 0.4) is 0 Å². The lowest BCUT2D eigenvalue weighted by atomic mass is 10.1. The minimum Gasteiger partial charge on any atom is -0.768 e. The van der Waals surface area contributed by atoms with Gasteiger partial charge in [0.2, 0.25) is 0 Å². The summed E-state index contributed by atoms with van der Waals surface area (Å²) in [6.45, 7) is 2.02. The number of fused-ring (bicyclic) bond motifs is 1. The van der Waals surface area contributed by atoms with Crippen LogP contribution in [0, 0.1) is 6.92 Å². The molecule has 2 aromatic carbocycles. The highest BCUT2D eigenvalue weighted by Crippen LogP contribution is 2.29. The molecule has 0 radical (unpaired) electrons. The Morgan fingerprint density at radius 2 is 1.81 bits per heavy atom. The second kappa shape index (κ2) is 5.56. The first-order valence-electron chi connectivity index (χ1n) is 6.31. The zero-order valence-electron chi connectivity index (χ0n) is 11.2. The maximum atomic E-state index is 11.0. The third-order valence-corrected chi connectivity index (χ3v) is 4.22. The average molecular weight is 317 g/mol. The molecule has 0 saturated carbocycles. The van der Waals surface area contributed by atoms with E-state index in [1.165, 1.54) is 17.7 Å². The van der Waals surface area contributed by atoms with Crippen molar-refractivity contribution in [2.75, 3.05) is 0 Å². The Hall–Kier alpha value is -1.75. The van der Waals surface area contributed by atoms with Crippen LogP contribution in [0.4, 0.5) is 0 Å². The number of rotatable bonds is 2. The maximum Gasteiger partial charge on any atom is 0.0725 e. The Kier molecular flexibility index (Phi) is 3.76. The van der Waals surface area contributed by atoms with Crippen molar-refractivity contribution >= 4 is 33.6 Å². The molecule has 0 N–H and O–H groups in total. The van der Waals surface area contributed by atoms with Gasteiger partial charge in [-0.1, -0.05) is 41.4 Å². The van der Waals surface area contributed by atoms with E-state index in [0.29, 0.717) is 15.9 Å². The van der Waals surface area contributed by atoms with Gasteiger partial charge in [-0.05, 0) is 42.3 Å². The standard InChI is InChI=1S/C16H12ClNO2S/c1-10-2-4-11(5-3-10)16-9-14(17)13-8-12(21(19)20)6-7-15(13)18-16/h2-9H,1H3,(H,19,20)/p-1. The summed E-state index contributed by atoms with van der Waals surface area (Å²) in [4.78, 5) is 4.75. The fourth-order valence-electron chi connectivity index (χ4n) is 2.14. The van der Waals surface area contributed by atoms with E-state index < -0.39 is 11.1 Å². The number of aromatic nitrogens is 1. The molecule has 3 nitrogen and oxygen atoms in total. The molecular formula is C16H11ClNO2S-. The molecule has 0 aliphatic rings. The van der Waals surface area contributed by atoms with Gasteiger partial charge in [0.1, 0.15) is 0 Å². The first kappa shape index (κ1) is 14.2. The van der Waals surface area contributed by atoms with E-state index in [1.54, 1.807) is 12.1 Å². The fourth-order valence-corrected chi connectivity index (χ4v) is 2.79. The molecular weight excluding hydrogens is 306 g/mol. The van der Waals surface area contributed by atoms with Crippen molar-refractivity contribution < 1.29 is 8.76 Å². The molecule has 0 aliphatic heterocycles. The summed E-state index contributed by atoms with van der Waals surface area (Å²) in [7, 11) is 0. The summed E-state index contributed by atoms with van der Waals surface area (Å²) in [5.74, 6) is 0. The van der Waals surface area contributed by atoms with Gasteiger partial charge >= 0.3 is 0 Å². The van der Waals surface area contributed by atoms with Crippen LogP contribution in [0.2, 0.25) is 5.02 Å². The summed E-state index contributed by atoms with van der Waals surface area (Å²) in [5.41, 5.74) is 3.59. The molecule has 1 aromatic heterocycles. The summed E-state index contributed by atoms with van der Waals surface area (Å²) in [6.07, 6.45) is 0. The van der Waals surface area contributed by atoms with Crippen LogP contribution in [-0.2, 0) is 11.1 Å². The quantitative estimate of drug-likeness (QED) is 0.669. The van der Waals surface area contributed by atoms with Crippen LogP contribution in [0.5, 0.6) is 0 Å². The van der Waals surface area contributed by atoms with Gasteiger partial charge < -0.3 is 4.55 Å². The van der Waals surface area contributed by atoms with E-state index in [9.17, 15) is 8.76 Å². The van der Waals surface area contributed by atoms with Crippen LogP contribution in [0.25, 0.3) is 22.2 Å². The van der Waals surface area contributed by atoms with E-state index in [2.05, 4.69) is 4.98 Å². The van der Waals surface area contributed by atoms with E-state index >= 15 is 0 Å². The molecule has 1 unspecified atom stereocenters. The Morgan fingerprint density at radius 1 is 1.10 bits per heavy atom. The van der Waals surface area contributed by atoms with Gasteiger partial charge in [-0.25, -0.2) is 4.98 Å². The summed E-state index contributed by atoms with van der Waals surface area (Å²) in [6, 6.07) is 14.5. The van der Waals surface area contributed by atoms with Gasteiger partial charge in [0.15, 0.2) is 0 Å². The first-order chi connectivity index (χ1) is 10.0. The summed E-state index contributed by atoms with van der Waals surface area (Å²) < 4.78 is 22.0. The Balaban J connectivity index is 2.17. The van der Waals surface area contributed by atoms with E-state index in [-0.39, 0.29) is 4.90 Å². The molecule has 106 valence electrons. The number of nitrogens with zero attached hydrogens (tertiary/aromatic N) is 1. The zero-order valence-corrected chi connectivity index (χ0v) is 12.7. The largest absolute Gasteiger partial charge is 0.768 e. The van der Waals surface area contributed by atoms with Crippen molar-refractivity contribution in [2.45, 2.75) is 11.8 Å². The van der Waals surface area contributed by atoms with Crippen molar-refractivity contribution in [1.29, 1.82) is 0 Å². The second-order valence-corrected chi connectivity index (χ2v) is 6.12. The summed E-state index contributed by atoms with van der Waals surface area (Å²) in [5, 5.41) is 1.12. The van der Waals surface area contributed by atoms with Crippen LogP contribution in [0.15, 0.2) is 53.4 Å². The lowest BCUT2D eigenvalue weighted by Crippen LogP contribution is -1.91. The molecule has 0 amide bonds. The monoisotopic (exact) mass is 316 g/mol. The van der Waals surface area contributed by atoms with Gasteiger partial charge in [-0.3, -0.25) is 4.21 Å². The van der Waals surface area contributed by atoms with Crippen LogP contribution in [-0.4, -0.2) is 13.7 Å². The van der Waals surface area contributed by atoms with Crippen LogP contribution < -0.4 is 0 Å². The van der Waals surface area contributed by atoms with Crippen molar-refractivity contribution in [2.24, 2.45) is 0 Å². The van der Waals surface area contributed by atoms with Crippen molar-refractivity contribution in [3.63, 3.8) is 0 Å². The number of hydrogen-bond donors (Lipinski definition) is 0. The van der Waals surface area contributed by atoms with Crippen molar-refractivity contribution in [3.05, 3.63) is 59.1 Å². The Morgan fingerprint density at radius 3 is 2.48 bits per heavy atom. The lowest BCUT2D eigenvalue weighted by Gasteiger charge is -2.09.